The van der Waals surface area contributed by atoms with E-state index in [-0.39, 0.29) is 5.96 Å². The summed E-state index contributed by atoms with van der Waals surface area (Å²) >= 11 is 0. The molecule has 0 bridgehead atoms. The minimum atomic E-state index is 0.0339. The van der Waals surface area contributed by atoms with Gasteiger partial charge >= 0.3 is 0 Å². The molecule has 0 spiro atoms. The zero-order chi connectivity index (χ0) is 20.1. The molecule has 1 aromatic heterocycles. The number of benzene rings is 2. The van der Waals surface area contributed by atoms with Crippen molar-refractivity contribution in [3.05, 3.63) is 54.7 Å². The van der Waals surface area contributed by atoms with Gasteiger partial charge in [-0.05, 0) is 67.3 Å². The molecular weight excluding hydrogens is 362 g/mol. The van der Waals surface area contributed by atoms with Crippen molar-refractivity contribution >= 4 is 33.9 Å². The first-order valence-electron chi connectivity index (χ1n) is 10.2. The maximum Gasteiger partial charge on any atom is 0.191 e. The maximum atomic E-state index is 6.00. The van der Waals surface area contributed by atoms with Gasteiger partial charge in [-0.3, -0.25) is 4.98 Å². The number of anilines is 2. The highest BCUT2D eigenvalue weighted by atomic mass is 16.5. The van der Waals surface area contributed by atoms with Gasteiger partial charge in [-0.2, -0.15) is 0 Å². The molecule has 0 saturated heterocycles. The summed E-state index contributed by atoms with van der Waals surface area (Å²) in [5.41, 5.74) is 14.5. The number of hydrogen-bond acceptors (Lipinski definition) is 4. The number of aromatic nitrogens is 1. The summed E-state index contributed by atoms with van der Waals surface area (Å²) in [6.45, 7) is 0.815. The van der Waals surface area contributed by atoms with E-state index in [0.717, 1.165) is 34.6 Å². The van der Waals surface area contributed by atoms with E-state index in [1.54, 1.807) is 6.20 Å². The van der Waals surface area contributed by atoms with Gasteiger partial charge in [0.25, 0.3) is 0 Å². The first-order chi connectivity index (χ1) is 14.2. The molecule has 150 valence electrons. The number of fused-ring (bicyclic) bond motifs is 1. The highest BCUT2D eigenvalue weighted by Gasteiger charge is 2.14. The Morgan fingerprint density at radius 1 is 1.03 bits per heavy atom. The van der Waals surface area contributed by atoms with Crippen LogP contribution in [0.4, 0.5) is 17.1 Å². The van der Waals surface area contributed by atoms with Gasteiger partial charge < -0.3 is 21.5 Å². The third-order valence-corrected chi connectivity index (χ3v) is 5.33. The summed E-state index contributed by atoms with van der Waals surface area (Å²) in [6, 6.07) is 15.7. The molecule has 6 nitrogen and oxygen atoms in total. The van der Waals surface area contributed by atoms with Crippen LogP contribution in [0.25, 0.3) is 10.9 Å². The van der Waals surface area contributed by atoms with Crippen molar-refractivity contribution in [3.63, 3.8) is 0 Å². The molecule has 0 amide bonds. The SMILES string of the molecule is NC(N)=Nc1ccc2nccc(Nc3ccc(OCC4CCCCC4)cc3)c2c1. The monoisotopic (exact) mass is 389 g/mol. The zero-order valence-corrected chi connectivity index (χ0v) is 16.5. The number of pyridine rings is 1. The number of ether oxygens (including phenoxy) is 1. The normalized spacial score (nSPS) is 14.5. The summed E-state index contributed by atoms with van der Waals surface area (Å²) in [7, 11) is 0. The van der Waals surface area contributed by atoms with Crippen molar-refractivity contribution < 1.29 is 4.74 Å². The molecule has 1 aliphatic rings. The lowest BCUT2D eigenvalue weighted by molar-refractivity contribution is 0.209. The van der Waals surface area contributed by atoms with Gasteiger partial charge in [0, 0.05) is 23.0 Å². The van der Waals surface area contributed by atoms with Crippen molar-refractivity contribution in [1.82, 2.24) is 4.98 Å². The van der Waals surface area contributed by atoms with Crippen LogP contribution in [0.1, 0.15) is 32.1 Å². The van der Waals surface area contributed by atoms with Gasteiger partial charge in [0.05, 0.1) is 17.8 Å². The number of nitrogens with zero attached hydrogens (tertiary/aromatic N) is 2. The Morgan fingerprint density at radius 3 is 2.59 bits per heavy atom. The summed E-state index contributed by atoms with van der Waals surface area (Å²) in [5, 5.41) is 4.41. The fourth-order valence-electron chi connectivity index (χ4n) is 3.82. The van der Waals surface area contributed by atoms with Crippen molar-refractivity contribution in [2.24, 2.45) is 22.4 Å². The quantitative estimate of drug-likeness (QED) is 0.414. The van der Waals surface area contributed by atoms with E-state index in [4.69, 9.17) is 16.2 Å². The van der Waals surface area contributed by atoms with Crippen molar-refractivity contribution in [2.75, 3.05) is 11.9 Å². The number of rotatable bonds is 6. The van der Waals surface area contributed by atoms with Crippen LogP contribution >= 0.6 is 0 Å². The fourth-order valence-corrected chi connectivity index (χ4v) is 3.82. The van der Waals surface area contributed by atoms with Crippen LogP contribution in [0, 0.1) is 5.92 Å². The molecule has 1 aliphatic carbocycles. The van der Waals surface area contributed by atoms with Gasteiger partial charge in [0.15, 0.2) is 5.96 Å². The Kier molecular flexibility index (Phi) is 5.79. The summed E-state index contributed by atoms with van der Waals surface area (Å²) in [6.07, 6.45) is 8.40. The topological polar surface area (TPSA) is 98.6 Å². The van der Waals surface area contributed by atoms with E-state index in [0.29, 0.717) is 11.6 Å². The molecule has 29 heavy (non-hydrogen) atoms. The van der Waals surface area contributed by atoms with E-state index in [1.807, 2.05) is 48.5 Å². The Bertz CT molecular complexity index is 990. The second-order valence-electron chi connectivity index (χ2n) is 7.56. The number of guanidine groups is 1. The minimum absolute atomic E-state index is 0.0339. The number of hydrogen-bond donors (Lipinski definition) is 3. The van der Waals surface area contributed by atoms with Crippen LogP contribution in [0.3, 0.4) is 0 Å². The van der Waals surface area contributed by atoms with E-state index in [1.165, 1.54) is 32.1 Å². The molecule has 0 unspecified atom stereocenters. The van der Waals surface area contributed by atoms with E-state index in [2.05, 4.69) is 15.3 Å². The predicted molar refractivity (Wildman–Crippen MR) is 119 cm³/mol. The maximum absolute atomic E-state index is 6.00. The van der Waals surface area contributed by atoms with Crippen LogP contribution in [0.15, 0.2) is 59.7 Å². The van der Waals surface area contributed by atoms with Gasteiger partial charge in [-0.25, -0.2) is 4.99 Å². The predicted octanol–water partition coefficient (Wildman–Crippen LogP) is 4.84. The third kappa shape index (κ3) is 4.96. The smallest absolute Gasteiger partial charge is 0.191 e. The first-order valence-corrected chi connectivity index (χ1v) is 10.2. The first kappa shape index (κ1) is 19.1. The highest BCUT2D eigenvalue weighted by molar-refractivity contribution is 5.95. The standard InChI is InChI=1S/C23H27N5O/c24-23(25)28-18-8-11-21-20(14-18)22(12-13-26-21)27-17-6-9-19(10-7-17)29-15-16-4-2-1-3-5-16/h6-14,16H,1-5,15H2,(H,26,27)(H4,24,25,28). The van der Waals surface area contributed by atoms with Crippen LogP contribution in [-0.2, 0) is 0 Å². The van der Waals surface area contributed by atoms with E-state index in [9.17, 15) is 0 Å². The lowest BCUT2D eigenvalue weighted by Gasteiger charge is -2.21. The van der Waals surface area contributed by atoms with Crippen LogP contribution in [-0.4, -0.2) is 17.6 Å². The summed E-state index contributed by atoms with van der Waals surface area (Å²) in [4.78, 5) is 8.54. The second-order valence-corrected chi connectivity index (χ2v) is 7.56. The Morgan fingerprint density at radius 2 is 1.83 bits per heavy atom. The Balaban J connectivity index is 1.47. The van der Waals surface area contributed by atoms with E-state index < -0.39 is 0 Å². The molecule has 0 radical (unpaired) electrons. The summed E-state index contributed by atoms with van der Waals surface area (Å²) in [5.74, 6) is 1.64. The zero-order valence-electron chi connectivity index (χ0n) is 16.5. The molecule has 0 atom stereocenters. The molecule has 2 aromatic carbocycles. The van der Waals surface area contributed by atoms with Crippen molar-refractivity contribution in [1.29, 1.82) is 0 Å². The summed E-state index contributed by atoms with van der Waals surface area (Å²) < 4.78 is 6.00. The third-order valence-electron chi connectivity index (χ3n) is 5.33. The lowest BCUT2D eigenvalue weighted by Crippen LogP contribution is -2.21. The average Bonchev–Trinajstić information content (AvgIpc) is 2.74. The highest BCUT2D eigenvalue weighted by Crippen LogP contribution is 2.30. The van der Waals surface area contributed by atoms with Gasteiger partial charge in [-0.1, -0.05) is 19.3 Å². The number of nitrogens with two attached hydrogens (primary N) is 2. The average molecular weight is 390 g/mol. The molecule has 3 aromatic rings. The molecule has 5 N–H and O–H groups in total. The van der Waals surface area contributed by atoms with Crippen molar-refractivity contribution in [2.45, 2.75) is 32.1 Å². The Labute approximate surface area is 171 Å². The largest absolute Gasteiger partial charge is 0.493 e. The molecular formula is C23H27N5O. The van der Waals surface area contributed by atoms with Gasteiger partial charge in [0.2, 0.25) is 0 Å². The second kappa shape index (κ2) is 8.82. The number of nitrogens with one attached hydrogen (secondary N) is 1. The molecule has 4 rings (SSSR count). The molecule has 6 heteroatoms. The molecule has 1 saturated carbocycles. The van der Waals surface area contributed by atoms with Crippen molar-refractivity contribution in [3.8, 4) is 5.75 Å². The lowest BCUT2D eigenvalue weighted by atomic mass is 9.90. The van der Waals surface area contributed by atoms with Crippen LogP contribution < -0.4 is 21.5 Å². The fraction of sp³-hybridized carbons (Fsp3) is 0.304. The van der Waals surface area contributed by atoms with Crippen LogP contribution in [0.2, 0.25) is 0 Å². The van der Waals surface area contributed by atoms with Crippen LogP contribution in [0.5, 0.6) is 5.75 Å². The molecule has 0 aliphatic heterocycles. The number of aliphatic imine (C=N–C) groups is 1. The van der Waals surface area contributed by atoms with E-state index >= 15 is 0 Å². The Hall–Kier alpha value is -3.28. The minimum Gasteiger partial charge on any atom is -0.493 e. The van der Waals surface area contributed by atoms with Gasteiger partial charge in [0.1, 0.15) is 5.75 Å². The molecule has 1 fully saturated rings. The van der Waals surface area contributed by atoms with Gasteiger partial charge in [-0.15, -0.1) is 0 Å². The molecule has 1 heterocycles.